The van der Waals surface area contributed by atoms with E-state index in [-0.39, 0.29) is 11.6 Å². The number of ether oxygens (including phenoxy) is 1. The van der Waals surface area contributed by atoms with E-state index in [4.69, 9.17) is 10.5 Å². The summed E-state index contributed by atoms with van der Waals surface area (Å²) >= 11 is 0. The van der Waals surface area contributed by atoms with E-state index in [0.29, 0.717) is 25.1 Å². The van der Waals surface area contributed by atoms with Gasteiger partial charge in [0.05, 0.1) is 18.0 Å². The fourth-order valence-electron chi connectivity index (χ4n) is 1.80. The van der Waals surface area contributed by atoms with Crippen molar-refractivity contribution < 1.29 is 13.9 Å². The highest BCUT2D eigenvalue weighted by Crippen LogP contribution is 2.19. The van der Waals surface area contributed by atoms with Crippen molar-refractivity contribution in [3.63, 3.8) is 0 Å². The number of para-hydroxylation sites is 1. The molecule has 0 fully saturated rings. The molecule has 0 unspecified atom stereocenters. The maximum Gasteiger partial charge on any atom is 0.224 e. The Hall–Kier alpha value is -2.56. The first-order valence-electron chi connectivity index (χ1n) is 6.68. The summed E-state index contributed by atoms with van der Waals surface area (Å²) in [5.74, 6) is 0.174. The van der Waals surface area contributed by atoms with Crippen LogP contribution in [-0.4, -0.2) is 12.5 Å². The molecule has 0 aromatic heterocycles. The Bertz CT molecular complexity index is 602. The molecule has 0 saturated carbocycles. The molecule has 5 heteroatoms. The summed E-state index contributed by atoms with van der Waals surface area (Å²) in [6, 6.07) is 13.3. The summed E-state index contributed by atoms with van der Waals surface area (Å²) in [6.45, 7) is 0.455. The number of hydrogen-bond donors (Lipinski definition) is 2. The average Bonchev–Trinajstić information content (AvgIpc) is 2.48. The molecule has 0 saturated heterocycles. The molecule has 0 bridgehead atoms. The number of nitrogens with one attached hydrogen (secondary N) is 1. The smallest absolute Gasteiger partial charge is 0.224 e. The molecule has 0 spiro atoms. The molecule has 0 atom stereocenters. The number of benzene rings is 2. The molecule has 1 amide bonds. The molecule has 0 aliphatic heterocycles. The lowest BCUT2D eigenvalue weighted by Crippen LogP contribution is -2.14. The molecular formula is C16H17FN2O2. The summed E-state index contributed by atoms with van der Waals surface area (Å²) in [5.41, 5.74) is 6.25. The van der Waals surface area contributed by atoms with E-state index in [9.17, 15) is 9.18 Å². The predicted molar refractivity (Wildman–Crippen MR) is 80.6 cm³/mol. The molecule has 110 valence electrons. The summed E-state index contributed by atoms with van der Waals surface area (Å²) in [4.78, 5) is 11.7. The van der Waals surface area contributed by atoms with Crippen molar-refractivity contribution >= 4 is 17.3 Å². The van der Waals surface area contributed by atoms with Gasteiger partial charge in [0.15, 0.2) is 0 Å². The van der Waals surface area contributed by atoms with Gasteiger partial charge < -0.3 is 15.8 Å². The van der Waals surface area contributed by atoms with Gasteiger partial charge in [-0.1, -0.05) is 18.2 Å². The van der Waals surface area contributed by atoms with Gasteiger partial charge in [-0.15, -0.1) is 0 Å². The van der Waals surface area contributed by atoms with Crippen LogP contribution < -0.4 is 15.8 Å². The van der Waals surface area contributed by atoms with Gasteiger partial charge in [-0.25, -0.2) is 4.39 Å². The highest BCUT2D eigenvalue weighted by atomic mass is 19.1. The second-order valence-electron chi connectivity index (χ2n) is 4.54. The average molecular weight is 288 g/mol. The minimum atomic E-state index is -0.429. The normalized spacial score (nSPS) is 10.1. The molecule has 0 aliphatic carbocycles. The fraction of sp³-hybridized carbons (Fsp3) is 0.188. The van der Waals surface area contributed by atoms with E-state index in [1.165, 1.54) is 18.2 Å². The van der Waals surface area contributed by atoms with Crippen LogP contribution in [0, 0.1) is 5.82 Å². The van der Waals surface area contributed by atoms with Gasteiger partial charge in [-0.2, -0.15) is 0 Å². The van der Waals surface area contributed by atoms with Crippen LogP contribution in [0.15, 0.2) is 48.5 Å². The SMILES string of the molecule is Nc1cc(F)ccc1NC(=O)CCCOc1ccccc1. The minimum Gasteiger partial charge on any atom is -0.494 e. The molecule has 3 N–H and O–H groups in total. The zero-order valence-electron chi connectivity index (χ0n) is 11.5. The Kier molecular flexibility index (Phi) is 5.15. The quantitative estimate of drug-likeness (QED) is 0.633. The number of amides is 1. The second kappa shape index (κ2) is 7.28. The Morgan fingerprint density at radius 2 is 1.95 bits per heavy atom. The third kappa shape index (κ3) is 4.80. The van der Waals surface area contributed by atoms with E-state index < -0.39 is 5.82 Å². The van der Waals surface area contributed by atoms with Gasteiger partial charge >= 0.3 is 0 Å². The first-order valence-corrected chi connectivity index (χ1v) is 6.68. The maximum atomic E-state index is 12.9. The lowest BCUT2D eigenvalue weighted by Gasteiger charge is -2.09. The highest BCUT2D eigenvalue weighted by Gasteiger charge is 2.06. The van der Waals surface area contributed by atoms with Crippen molar-refractivity contribution in [1.82, 2.24) is 0 Å². The maximum absolute atomic E-state index is 12.9. The van der Waals surface area contributed by atoms with Crippen LogP contribution in [0.2, 0.25) is 0 Å². The molecular weight excluding hydrogens is 271 g/mol. The molecule has 2 aromatic carbocycles. The monoisotopic (exact) mass is 288 g/mol. The molecule has 2 rings (SSSR count). The zero-order valence-corrected chi connectivity index (χ0v) is 11.5. The molecule has 0 aliphatic rings. The minimum absolute atomic E-state index is 0.176. The molecule has 0 radical (unpaired) electrons. The van der Waals surface area contributed by atoms with Crippen molar-refractivity contribution in [2.45, 2.75) is 12.8 Å². The van der Waals surface area contributed by atoms with Crippen molar-refractivity contribution in [2.75, 3.05) is 17.7 Å². The van der Waals surface area contributed by atoms with Crippen LogP contribution in [0.25, 0.3) is 0 Å². The first-order chi connectivity index (χ1) is 10.1. The number of anilines is 2. The number of carbonyl (C=O) groups excluding carboxylic acids is 1. The van der Waals surface area contributed by atoms with Gasteiger partial charge in [0.25, 0.3) is 0 Å². The number of rotatable bonds is 6. The van der Waals surface area contributed by atoms with Gasteiger partial charge in [0.2, 0.25) is 5.91 Å². The van der Waals surface area contributed by atoms with Crippen LogP contribution in [0.5, 0.6) is 5.75 Å². The van der Waals surface area contributed by atoms with Gasteiger partial charge in [0, 0.05) is 6.42 Å². The molecule has 4 nitrogen and oxygen atoms in total. The second-order valence-corrected chi connectivity index (χ2v) is 4.54. The summed E-state index contributed by atoms with van der Waals surface area (Å²) in [7, 11) is 0. The van der Waals surface area contributed by atoms with E-state index in [1.807, 2.05) is 30.3 Å². The van der Waals surface area contributed by atoms with Crippen molar-refractivity contribution in [1.29, 1.82) is 0 Å². The predicted octanol–water partition coefficient (Wildman–Crippen LogP) is 3.21. The molecule has 2 aromatic rings. The van der Waals surface area contributed by atoms with E-state index in [2.05, 4.69) is 5.32 Å². The fourth-order valence-corrected chi connectivity index (χ4v) is 1.80. The highest BCUT2D eigenvalue weighted by molar-refractivity contribution is 5.93. The van der Waals surface area contributed by atoms with Crippen LogP contribution in [-0.2, 0) is 4.79 Å². The third-order valence-corrected chi connectivity index (χ3v) is 2.85. The van der Waals surface area contributed by atoms with Crippen molar-refractivity contribution in [3.05, 3.63) is 54.3 Å². The Morgan fingerprint density at radius 3 is 2.67 bits per heavy atom. The Morgan fingerprint density at radius 1 is 1.19 bits per heavy atom. The molecule has 21 heavy (non-hydrogen) atoms. The van der Waals surface area contributed by atoms with Gasteiger partial charge in [-0.05, 0) is 36.8 Å². The lowest BCUT2D eigenvalue weighted by molar-refractivity contribution is -0.116. The molecule has 0 heterocycles. The zero-order chi connectivity index (χ0) is 15.1. The third-order valence-electron chi connectivity index (χ3n) is 2.85. The Balaban J connectivity index is 1.72. The number of carbonyl (C=O) groups is 1. The van der Waals surface area contributed by atoms with Crippen LogP contribution in [0.1, 0.15) is 12.8 Å². The van der Waals surface area contributed by atoms with Crippen LogP contribution in [0.4, 0.5) is 15.8 Å². The van der Waals surface area contributed by atoms with Crippen molar-refractivity contribution in [2.24, 2.45) is 0 Å². The lowest BCUT2D eigenvalue weighted by atomic mass is 10.2. The summed E-state index contributed by atoms with van der Waals surface area (Å²) < 4.78 is 18.4. The number of nitrogen functional groups attached to an aromatic ring is 1. The van der Waals surface area contributed by atoms with Gasteiger partial charge in [-0.3, -0.25) is 4.79 Å². The largest absolute Gasteiger partial charge is 0.494 e. The Labute approximate surface area is 122 Å². The number of hydrogen-bond acceptors (Lipinski definition) is 3. The van der Waals surface area contributed by atoms with E-state index in [0.717, 1.165) is 5.75 Å². The van der Waals surface area contributed by atoms with Crippen molar-refractivity contribution in [3.8, 4) is 5.75 Å². The summed E-state index contributed by atoms with van der Waals surface area (Å²) in [5, 5.41) is 2.65. The van der Waals surface area contributed by atoms with Crippen LogP contribution >= 0.6 is 0 Å². The first kappa shape index (κ1) is 14.8. The number of halogens is 1. The van der Waals surface area contributed by atoms with Gasteiger partial charge in [0.1, 0.15) is 11.6 Å². The standard InChI is InChI=1S/C16H17FN2O2/c17-12-8-9-15(14(18)11-12)19-16(20)7-4-10-21-13-5-2-1-3-6-13/h1-3,5-6,8-9,11H,4,7,10,18H2,(H,19,20). The summed E-state index contributed by atoms with van der Waals surface area (Å²) in [6.07, 6.45) is 0.894. The van der Waals surface area contributed by atoms with E-state index in [1.54, 1.807) is 0 Å². The topological polar surface area (TPSA) is 64.3 Å². The number of nitrogens with two attached hydrogens (primary N) is 1. The van der Waals surface area contributed by atoms with Crippen LogP contribution in [0.3, 0.4) is 0 Å². The van der Waals surface area contributed by atoms with E-state index >= 15 is 0 Å².